The topological polar surface area (TPSA) is 74.2 Å². The van der Waals surface area contributed by atoms with Gasteiger partial charge >= 0.3 is 0 Å². The van der Waals surface area contributed by atoms with Crippen molar-refractivity contribution < 1.29 is 9.53 Å². The molecule has 1 amide bonds. The van der Waals surface area contributed by atoms with Crippen LogP contribution in [0.1, 0.15) is 35.8 Å². The fourth-order valence-electron chi connectivity index (χ4n) is 2.52. The Labute approximate surface area is 129 Å². The maximum absolute atomic E-state index is 12.0. The van der Waals surface area contributed by atoms with E-state index in [9.17, 15) is 10.1 Å². The van der Waals surface area contributed by atoms with Crippen LogP contribution in [0.3, 0.4) is 0 Å². The summed E-state index contributed by atoms with van der Waals surface area (Å²) in [5.41, 5.74) is 1.80. The molecule has 6 heteroatoms. The Morgan fingerprint density at radius 3 is 2.95 bits per heavy atom. The molecule has 0 aromatic carbocycles. The van der Waals surface area contributed by atoms with Crippen molar-refractivity contribution in [2.75, 3.05) is 25.6 Å². The maximum Gasteiger partial charge on any atom is 0.238 e. The average molecular weight is 307 g/mol. The first-order valence-corrected chi connectivity index (χ1v) is 8.04. The zero-order chi connectivity index (χ0) is 15.2. The number of nitrogens with zero attached hydrogens (tertiary/aromatic N) is 1. The lowest BCUT2D eigenvalue weighted by Crippen LogP contribution is -2.36. The van der Waals surface area contributed by atoms with Gasteiger partial charge in [-0.2, -0.15) is 5.26 Å². The Bertz CT molecular complexity index is 548. The van der Waals surface area contributed by atoms with E-state index in [0.717, 1.165) is 24.8 Å². The molecule has 114 valence electrons. The number of ether oxygens (including phenoxy) is 1. The summed E-state index contributed by atoms with van der Waals surface area (Å²) in [6.45, 7) is 2.74. The molecular formula is C15H21N3O2S. The summed E-state index contributed by atoms with van der Waals surface area (Å²) in [4.78, 5) is 13.2. The van der Waals surface area contributed by atoms with E-state index in [1.165, 1.54) is 11.3 Å². The molecule has 1 aromatic heterocycles. The summed E-state index contributed by atoms with van der Waals surface area (Å²) in [7, 11) is 1.63. The van der Waals surface area contributed by atoms with Crippen LogP contribution in [0.2, 0.25) is 0 Å². The molecule has 0 saturated heterocycles. The van der Waals surface area contributed by atoms with Gasteiger partial charge in [0.1, 0.15) is 11.1 Å². The van der Waals surface area contributed by atoms with Gasteiger partial charge < -0.3 is 15.4 Å². The summed E-state index contributed by atoms with van der Waals surface area (Å²) in [6.07, 6.45) is 4.27. The summed E-state index contributed by atoms with van der Waals surface area (Å²) in [5, 5.41) is 16.0. The lowest BCUT2D eigenvalue weighted by Gasteiger charge is -2.12. The van der Waals surface area contributed by atoms with Gasteiger partial charge in [0.15, 0.2) is 0 Å². The van der Waals surface area contributed by atoms with E-state index in [2.05, 4.69) is 16.7 Å². The predicted octanol–water partition coefficient (Wildman–Crippen LogP) is 2.06. The Morgan fingerprint density at radius 1 is 1.48 bits per heavy atom. The van der Waals surface area contributed by atoms with E-state index in [1.54, 1.807) is 18.4 Å². The third kappa shape index (κ3) is 4.03. The molecule has 1 atom stereocenters. The fraction of sp³-hybridized carbons (Fsp3) is 0.600. The van der Waals surface area contributed by atoms with Crippen molar-refractivity contribution in [3.05, 3.63) is 16.0 Å². The molecule has 5 nitrogen and oxygen atoms in total. The van der Waals surface area contributed by atoms with Crippen molar-refractivity contribution in [1.29, 1.82) is 5.26 Å². The fourth-order valence-corrected chi connectivity index (χ4v) is 3.77. The molecule has 0 bridgehead atoms. The van der Waals surface area contributed by atoms with Gasteiger partial charge in [-0.05, 0) is 38.2 Å². The first-order valence-electron chi connectivity index (χ1n) is 7.22. The highest BCUT2D eigenvalue weighted by Crippen LogP contribution is 2.37. The summed E-state index contributed by atoms with van der Waals surface area (Å²) < 4.78 is 5.01. The van der Waals surface area contributed by atoms with Crippen LogP contribution in [0.5, 0.6) is 0 Å². The second-order valence-corrected chi connectivity index (χ2v) is 6.42. The quantitative estimate of drug-likeness (QED) is 0.843. The normalized spacial score (nSPS) is 15.1. The Morgan fingerprint density at radius 2 is 2.24 bits per heavy atom. The maximum atomic E-state index is 12.0. The zero-order valence-electron chi connectivity index (χ0n) is 12.5. The van der Waals surface area contributed by atoms with Gasteiger partial charge in [0.05, 0.1) is 18.7 Å². The van der Waals surface area contributed by atoms with Crippen LogP contribution in [-0.2, 0) is 22.4 Å². The SMILES string of the molecule is COC[C@H](C)NCC(=O)Nc1sc2c(c1C#N)CCCC2. The van der Waals surface area contributed by atoms with Gasteiger partial charge in [-0.25, -0.2) is 0 Å². The van der Waals surface area contributed by atoms with Crippen molar-refractivity contribution in [1.82, 2.24) is 5.32 Å². The van der Waals surface area contributed by atoms with Crippen LogP contribution in [0.25, 0.3) is 0 Å². The van der Waals surface area contributed by atoms with Gasteiger partial charge in [-0.15, -0.1) is 11.3 Å². The third-order valence-electron chi connectivity index (χ3n) is 3.56. The van der Waals surface area contributed by atoms with Crippen molar-refractivity contribution in [2.24, 2.45) is 0 Å². The summed E-state index contributed by atoms with van der Waals surface area (Å²) >= 11 is 1.55. The molecule has 0 spiro atoms. The molecule has 0 aliphatic heterocycles. The van der Waals surface area contributed by atoms with Crippen molar-refractivity contribution in [3.8, 4) is 6.07 Å². The van der Waals surface area contributed by atoms with Crippen molar-refractivity contribution in [3.63, 3.8) is 0 Å². The summed E-state index contributed by atoms with van der Waals surface area (Å²) in [5.74, 6) is -0.118. The number of nitriles is 1. The molecule has 0 saturated carbocycles. The zero-order valence-corrected chi connectivity index (χ0v) is 13.3. The molecule has 1 aromatic rings. The number of anilines is 1. The number of aryl methyl sites for hydroxylation is 1. The number of hydrogen-bond acceptors (Lipinski definition) is 5. The van der Waals surface area contributed by atoms with Gasteiger partial charge in [-0.3, -0.25) is 4.79 Å². The monoisotopic (exact) mass is 307 g/mol. The second-order valence-electron chi connectivity index (χ2n) is 5.31. The molecule has 0 fully saturated rings. The molecular weight excluding hydrogens is 286 g/mol. The highest BCUT2D eigenvalue weighted by molar-refractivity contribution is 7.16. The molecule has 2 N–H and O–H groups in total. The molecule has 21 heavy (non-hydrogen) atoms. The lowest BCUT2D eigenvalue weighted by atomic mass is 9.96. The van der Waals surface area contributed by atoms with Crippen molar-refractivity contribution >= 4 is 22.2 Å². The molecule has 2 rings (SSSR count). The molecule has 1 aliphatic rings. The first-order chi connectivity index (χ1) is 10.2. The number of methoxy groups -OCH3 is 1. The number of carbonyl (C=O) groups is 1. The third-order valence-corrected chi connectivity index (χ3v) is 4.77. The van der Waals surface area contributed by atoms with Crippen LogP contribution in [-0.4, -0.2) is 32.2 Å². The number of fused-ring (bicyclic) bond motifs is 1. The molecule has 1 aliphatic carbocycles. The predicted molar refractivity (Wildman–Crippen MR) is 83.6 cm³/mol. The highest BCUT2D eigenvalue weighted by atomic mass is 32.1. The summed E-state index contributed by atoms with van der Waals surface area (Å²) in [6, 6.07) is 2.37. The highest BCUT2D eigenvalue weighted by Gasteiger charge is 2.21. The van der Waals surface area contributed by atoms with E-state index in [1.807, 2.05) is 6.92 Å². The van der Waals surface area contributed by atoms with E-state index in [-0.39, 0.29) is 18.5 Å². The number of carbonyl (C=O) groups excluding carboxylic acids is 1. The number of hydrogen-bond donors (Lipinski definition) is 2. The van der Waals surface area contributed by atoms with Crippen LogP contribution in [0, 0.1) is 11.3 Å². The van der Waals surface area contributed by atoms with Gasteiger partial charge in [0, 0.05) is 18.0 Å². The average Bonchev–Trinajstić information content (AvgIpc) is 2.82. The Kier molecular flexibility index (Phi) is 5.74. The lowest BCUT2D eigenvalue weighted by molar-refractivity contribution is -0.115. The van der Waals surface area contributed by atoms with E-state index in [4.69, 9.17) is 4.74 Å². The molecule has 1 heterocycles. The minimum absolute atomic E-state index is 0.118. The number of amides is 1. The smallest absolute Gasteiger partial charge is 0.238 e. The number of thiophene rings is 1. The number of nitrogens with one attached hydrogen (secondary N) is 2. The van der Waals surface area contributed by atoms with Gasteiger partial charge in [-0.1, -0.05) is 0 Å². The van der Waals surface area contributed by atoms with Crippen LogP contribution < -0.4 is 10.6 Å². The molecule has 0 radical (unpaired) electrons. The Hall–Kier alpha value is -1.42. The minimum atomic E-state index is -0.118. The van der Waals surface area contributed by atoms with Crippen LogP contribution >= 0.6 is 11.3 Å². The standard InChI is InChI=1S/C15H21N3O2S/c1-10(9-20-2)17-8-14(19)18-15-12(7-16)11-5-3-4-6-13(11)21-15/h10,17H,3-6,8-9H2,1-2H3,(H,18,19)/t10-/m0/s1. The van der Waals surface area contributed by atoms with E-state index in [0.29, 0.717) is 17.2 Å². The van der Waals surface area contributed by atoms with Gasteiger partial charge in [0.2, 0.25) is 5.91 Å². The second kappa shape index (κ2) is 7.55. The van der Waals surface area contributed by atoms with Crippen LogP contribution in [0.15, 0.2) is 0 Å². The first kappa shape index (κ1) is 16.0. The van der Waals surface area contributed by atoms with Crippen LogP contribution in [0.4, 0.5) is 5.00 Å². The van der Waals surface area contributed by atoms with Gasteiger partial charge in [0.25, 0.3) is 0 Å². The largest absolute Gasteiger partial charge is 0.383 e. The minimum Gasteiger partial charge on any atom is -0.383 e. The molecule has 0 unspecified atom stereocenters. The Balaban J connectivity index is 1.98. The number of rotatable bonds is 6. The van der Waals surface area contributed by atoms with Crippen molar-refractivity contribution in [2.45, 2.75) is 38.6 Å². The van der Waals surface area contributed by atoms with E-state index < -0.39 is 0 Å². The van der Waals surface area contributed by atoms with E-state index >= 15 is 0 Å².